The van der Waals surface area contributed by atoms with Crippen molar-refractivity contribution in [1.29, 1.82) is 0 Å². The topological polar surface area (TPSA) is 146 Å². The van der Waals surface area contributed by atoms with Crippen LogP contribution in [0.3, 0.4) is 0 Å². The number of ether oxygens (including phenoxy) is 2. The van der Waals surface area contributed by atoms with E-state index in [1.165, 1.54) is 0 Å². The largest absolute Gasteiger partial charge is 0.480 e. The van der Waals surface area contributed by atoms with E-state index in [4.69, 9.17) is 9.47 Å². The molecule has 1 aromatic carbocycles. The van der Waals surface area contributed by atoms with Gasteiger partial charge in [-0.1, -0.05) is 44.2 Å². The summed E-state index contributed by atoms with van der Waals surface area (Å²) in [7, 11) is 0. The Morgan fingerprint density at radius 3 is 2.32 bits per heavy atom. The lowest BCUT2D eigenvalue weighted by Gasteiger charge is -2.39. The van der Waals surface area contributed by atoms with Crippen LogP contribution in [0, 0.1) is 5.92 Å². The predicted octanol–water partition coefficient (Wildman–Crippen LogP) is -0.374. The zero-order chi connectivity index (χ0) is 20.8. The highest BCUT2D eigenvalue weighted by molar-refractivity contribution is 5.86. The van der Waals surface area contributed by atoms with Gasteiger partial charge in [0, 0.05) is 0 Å². The molecule has 1 aromatic rings. The van der Waals surface area contributed by atoms with E-state index in [1.807, 2.05) is 19.9 Å². The van der Waals surface area contributed by atoms with Crippen LogP contribution in [-0.4, -0.2) is 69.1 Å². The molecule has 1 aliphatic heterocycles. The van der Waals surface area contributed by atoms with Gasteiger partial charge >= 0.3 is 5.97 Å². The third-order valence-corrected chi connectivity index (χ3v) is 4.41. The molecule has 0 radical (unpaired) electrons. The van der Waals surface area contributed by atoms with E-state index in [9.17, 15) is 30.0 Å². The smallest absolute Gasteiger partial charge is 0.326 e. The van der Waals surface area contributed by atoms with Gasteiger partial charge in [-0.2, -0.15) is 0 Å². The third kappa shape index (κ3) is 5.73. The molecule has 28 heavy (non-hydrogen) atoms. The molecule has 156 valence electrons. The van der Waals surface area contributed by atoms with E-state index in [0.717, 1.165) is 5.56 Å². The maximum Gasteiger partial charge on any atom is 0.326 e. The van der Waals surface area contributed by atoms with Crippen molar-refractivity contribution in [3.05, 3.63) is 35.9 Å². The van der Waals surface area contributed by atoms with Crippen LogP contribution < -0.4 is 5.32 Å². The number of carbonyl (C=O) groups is 2. The van der Waals surface area contributed by atoms with Gasteiger partial charge in [0.15, 0.2) is 12.4 Å². The Morgan fingerprint density at radius 2 is 1.75 bits per heavy atom. The van der Waals surface area contributed by atoms with Gasteiger partial charge in [-0.3, -0.25) is 4.79 Å². The van der Waals surface area contributed by atoms with Crippen molar-refractivity contribution < 1.29 is 39.5 Å². The molecule has 9 nitrogen and oxygen atoms in total. The average molecular weight is 397 g/mol. The molecule has 1 amide bonds. The summed E-state index contributed by atoms with van der Waals surface area (Å²) in [4.78, 5) is 23.8. The molecule has 6 atom stereocenters. The minimum Gasteiger partial charge on any atom is -0.480 e. The minimum absolute atomic E-state index is 0.00737. The monoisotopic (exact) mass is 397 g/mol. The van der Waals surface area contributed by atoms with E-state index < -0.39 is 48.6 Å². The number of benzene rings is 1. The Bertz CT molecular complexity index is 653. The van der Waals surface area contributed by atoms with Gasteiger partial charge in [-0.25, -0.2) is 4.79 Å². The lowest BCUT2D eigenvalue weighted by atomic mass is 9.97. The first-order chi connectivity index (χ1) is 13.2. The van der Waals surface area contributed by atoms with Crippen LogP contribution in [-0.2, 0) is 25.7 Å². The number of rotatable bonds is 8. The molecule has 1 heterocycles. The van der Waals surface area contributed by atoms with Crippen molar-refractivity contribution in [3.63, 3.8) is 0 Å². The van der Waals surface area contributed by atoms with Crippen molar-refractivity contribution in [2.45, 2.75) is 63.6 Å². The number of aliphatic carboxylic acids is 1. The van der Waals surface area contributed by atoms with Crippen LogP contribution in [0.1, 0.15) is 25.8 Å². The van der Waals surface area contributed by atoms with Gasteiger partial charge in [0.1, 0.15) is 24.4 Å². The first-order valence-corrected chi connectivity index (χ1v) is 9.09. The third-order valence-electron chi connectivity index (χ3n) is 4.41. The van der Waals surface area contributed by atoms with E-state index >= 15 is 0 Å². The molecule has 0 bridgehead atoms. The number of aliphatic hydroxyl groups excluding tert-OH is 3. The van der Waals surface area contributed by atoms with E-state index in [2.05, 4.69) is 5.32 Å². The molecule has 9 heteroatoms. The zero-order valence-corrected chi connectivity index (χ0v) is 15.8. The summed E-state index contributed by atoms with van der Waals surface area (Å²) in [5.41, 5.74) is 0.780. The molecule has 0 aromatic heterocycles. The Kier molecular flexibility index (Phi) is 7.90. The van der Waals surface area contributed by atoms with Crippen molar-refractivity contribution in [2.24, 2.45) is 5.92 Å². The highest BCUT2D eigenvalue weighted by Crippen LogP contribution is 2.23. The average Bonchev–Trinajstić information content (AvgIpc) is 2.65. The number of hydrogen-bond acceptors (Lipinski definition) is 7. The molecule has 1 saturated heterocycles. The quantitative estimate of drug-likeness (QED) is 0.399. The maximum atomic E-state index is 12.5. The van der Waals surface area contributed by atoms with Crippen molar-refractivity contribution in [2.75, 3.05) is 0 Å². The molecular weight excluding hydrogens is 370 g/mol. The van der Waals surface area contributed by atoms with E-state index in [-0.39, 0.29) is 18.9 Å². The van der Waals surface area contributed by atoms with Crippen LogP contribution in [0.15, 0.2) is 30.3 Å². The van der Waals surface area contributed by atoms with Gasteiger partial charge in [-0.15, -0.1) is 0 Å². The summed E-state index contributed by atoms with van der Waals surface area (Å²) in [5.74, 6) is -2.11. The highest BCUT2D eigenvalue weighted by atomic mass is 16.7. The molecule has 0 unspecified atom stereocenters. The number of amides is 1. The molecule has 1 aliphatic rings. The second-order valence-electron chi connectivity index (χ2n) is 7.22. The van der Waals surface area contributed by atoms with E-state index in [1.54, 1.807) is 24.3 Å². The zero-order valence-electron chi connectivity index (χ0n) is 15.8. The Balaban J connectivity index is 2.05. The fourth-order valence-electron chi connectivity index (χ4n) is 2.90. The summed E-state index contributed by atoms with van der Waals surface area (Å²) < 4.78 is 10.8. The first kappa shape index (κ1) is 22.3. The molecule has 0 spiro atoms. The van der Waals surface area contributed by atoms with Gasteiger partial charge in [-0.05, 0) is 17.9 Å². The Hall–Kier alpha value is -2.04. The van der Waals surface area contributed by atoms with Gasteiger partial charge in [0.2, 0.25) is 0 Å². The lowest BCUT2D eigenvalue weighted by molar-refractivity contribution is -0.293. The van der Waals surface area contributed by atoms with E-state index in [0.29, 0.717) is 0 Å². The number of carbonyl (C=O) groups excluding carboxylic acids is 1. The fraction of sp³-hybridized carbons (Fsp3) is 0.579. The molecule has 5 N–H and O–H groups in total. The second-order valence-corrected chi connectivity index (χ2v) is 7.22. The van der Waals surface area contributed by atoms with Crippen molar-refractivity contribution in [1.82, 2.24) is 5.32 Å². The van der Waals surface area contributed by atoms with Crippen LogP contribution in [0.2, 0.25) is 0 Å². The standard InChI is InChI=1S/C19H27NO8/c1-10(2)8-12(18(25)26)20-17(24)16-14(22)13(21)15(23)19(28-16)27-9-11-6-4-3-5-7-11/h3-7,10,12-16,19,21-23H,8-9H2,1-2H3,(H,20,24)(H,25,26)/t12-,13-,14+,15+,16-,19+/m0/s1. The number of carboxylic acid groups (broad SMARTS) is 1. The summed E-state index contributed by atoms with van der Waals surface area (Å²) in [6.45, 7) is 3.66. The minimum atomic E-state index is -1.74. The lowest BCUT2D eigenvalue weighted by Crippen LogP contribution is -2.63. The summed E-state index contributed by atoms with van der Waals surface area (Å²) in [5, 5.41) is 41.8. The SMILES string of the molecule is CC(C)C[C@H](NC(=O)[C@H]1O[C@@H](OCc2ccccc2)[C@H](O)[C@@H](O)[C@H]1O)C(=O)O. The molecule has 0 saturated carbocycles. The molecule has 1 fully saturated rings. The second kappa shape index (κ2) is 9.94. The number of aliphatic hydroxyl groups is 3. The molecule has 0 aliphatic carbocycles. The predicted molar refractivity (Wildman–Crippen MR) is 96.9 cm³/mol. The maximum absolute atomic E-state index is 12.5. The highest BCUT2D eigenvalue weighted by Gasteiger charge is 2.47. The number of hydrogen-bond donors (Lipinski definition) is 5. The molecular formula is C19H27NO8. The first-order valence-electron chi connectivity index (χ1n) is 9.09. The van der Waals surface area contributed by atoms with Crippen LogP contribution >= 0.6 is 0 Å². The summed E-state index contributed by atoms with van der Waals surface area (Å²) in [6.07, 6.45) is -7.79. The van der Waals surface area contributed by atoms with Crippen molar-refractivity contribution in [3.8, 4) is 0 Å². The summed E-state index contributed by atoms with van der Waals surface area (Å²) >= 11 is 0. The van der Waals surface area contributed by atoms with Crippen LogP contribution in [0.25, 0.3) is 0 Å². The van der Waals surface area contributed by atoms with Crippen molar-refractivity contribution >= 4 is 11.9 Å². The number of nitrogens with one attached hydrogen (secondary N) is 1. The Morgan fingerprint density at radius 1 is 1.11 bits per heavy atom. The van der Waals surface area contributed by atoms with Gasteiger partial charge < -0.3 is 35.2 Å². The fourth-order valence-corrected chi connectivity index (χ4v) is 2.90. The van der Waals surface area contributed by atoms with Gasteiger partial charge in [0.05, 0.1) is 6.61 Å². The summed E-state index contributed by atoms with van der Waals surface area (Å²) in [6, 6.07) is 7.82. The van der Waals surface area contributed by atoms with Gasteiger partial charge in [0.25, 0.3) is 5.91 Å². The normalized spacial score (nSPS) is 28.7. The Labute approximate surface area is 162 Å². The number of carboxylic acids is 1. The molecule has 2 rings (SSSR count). The van der Waals surface area contributed by atoms with Crippen LogP contribution in [0.4, 0.5) is 0 Å². The van der Waals surface area contributed by atoms with Crippen LogP contribution in [0.5, 0.6) is 0 Å².